The summed E-state index contributed by atoms with van der Waals surface area (Å²) in [7, 11) is 2.99. The molecule has 3 heterocycles. The van der Waals surface area contributed by atoms with Gasteiger partial charge in [-0.2, -0.15) is 5.10 Å². The van der Waals surface area contributed by atoms with E-state index in [1.165, 1.54) is 19.1 Å². The molecular formula is C24H24N4O5. The molecule has 0 bridgehead atoms. The van der Waals surface area contributed by atoms with E-state index < -0.39 is 17.7 Å². The Morgan fingerprint density at radius 2 is 1.94 bits per heavy atom. The number of nitrogens with one attached hydrogen (secondary N) is 1. The highest BCUT2D eigenvalue weighted by atomic mass is 16.5. The second-order valence-corrected chi connectivity index (χ2v) is 7.68. The van der Waals surface area contributed by atoms with Crippen molar-refractivity contribution in [2.24, 2.45) is 0 Å². The quantitative estimate of drug-likeness (QED) is 0.338. The van der Waals surface area contributed by atoms with Crippen molar-refractivity contribution in [1.29, 1.82) is 0 Å². The number of hydrogen-bond donors (Lipinski definition) is 2. The lowest BCUT2D eigenvalue weighted by Gasteiger charge is -2.27. The zero-order chi connectivity index (χ0) is 23.7. The van der Waals surface area contributed by atoms with E-state index in [2.05, 4.69) is 15.2 Å². The highest BCUT2D eigenvalue weighted by Gasteiger charge is 2.47. The molecule has 1 aliphatic rings. The van der Waals surface area contributed by atoms with Crippen LogP contribution in [0, 0.1) is 13.8 Å². The van der Waals surface area contributed by atoms with Crippen LogP contribution < -0.4 is 9.47 Å². The monoisotopic (exact) mass is 448 g/mol. The predicted molar refractivity (Wildman–Crippen MR) is 120 cm³/mol. The van der Waals surface area contributed by atoms with E-state index in [1.807, 2.05) is 6.07 Å². The van der Waals surface area contributed by atoms with Crippen LogP contribution >= 0.6 is 0 Å². The summed E-state index contributed by atoms with van der Waals surface area (Å²) in [5.74, 6) is -0.992. The van der Waals surface area contributed by atoms with Crippen molar-refractivity contribution in [3.8, 4) is 11.5 Å². The Bertz CT molecular complexity index is 1230. The maximum absolute atomic E-state index is 13.3. The molecule has 1 aliphatic heterocycles. The van der Waals surface area contributed by atoms with Gasteiger partial charge in [-0.15, -0.1) is 0 Å². The summed E-state index contributed by atoms with van der Waals surface area (Å²) < 4.78 is 11.0. The molecule has 0 saturated carbocycles. The first-order chi connectivity index (χ1) is 15.9. The normalized spacial score (nSPS) is 17.5. The average Bonchev–Trinajstić information content (AvgIpc) is 3.29. The minimum Gasteiger partial charge on any atom is -0.507 e. The summed E-state index contributed by atoms with van der Waals surface area (Å²) in [6.45, 7) is 3.57. The second kappa shape index (κ2) is 8.78. The fourth-order valence-corrected chi connectivity index (χ4v) is 4.22. The van der Waals surface area contributed by atoms with E-state index in [-0.39, 0.29) is 17.9 Å². The van der Waals surface area contributed by atoms with Crippen LogP contribution in [-0.4, -0.2) is 51.1 Å². The van der Waals surface area contributed by atoms with Crippen LogP contribution in [0.1, 0.15) is 34.1 Å². The summed E-state index contributed by atoms with van der Waals surface area (Å²) in [5, 5.41) is 18.2. The van der Waals surface area contributed by atoms with Crippen molar-refractivity contribution in [1.82, 2.24) is 20.1 Å². The van der Waals surface area contributed by atoms with Crippen LogP contribution in [0.25, 0.3) is 5.76 Å². The number of pyridine rings is 1. The number of carbonyl (C=O) groups excluding carboxylic acids is 2. The van der Waals surface area contributed by atoms with Gasteiger partial charge in [0.25, 0.3) is 11.7 Å². The van der Waals surface area contributed by atoms with Crippen LogP contribution in [-0.2, 0) is 16.1 Å². The summed E-state index contributed by atoms with van der Waals surface area (Å²) in [6, 6.07) is 7.87. The molecule has 0 aliphatic carbocycles. The van der Waals surface area contributed by atoms with Gasteiger partial charge in [0.1, 0.15) is 5.76 Å². The first-order valence-electron chi connectivity index (χ1n) is 10.3. The van der Waals surface area contributed by atoms with E-state index in [0.717, 1.165) is 5.56 Å². The molecule has 0 radical (unpaired) electrons. The lowest BCUT2D eigenvalue weighted by atomic mass is 9.93. The molecule has 9 nitrogen and oxygen atoms in total. The SMILES string of the molecule is COc1cccc(C2C(=C(O)c3c(C)n[nH]c3C)C(=O)C(=O)N2Cc2cccnc2)c1OC. The van der Waals surface area contributed by atoms with E-state index in [4.69, 9.17) is 9.47 Å². The number of aromatic nitrogens is 3. The maximum atomic E-state index is 13.3. The third kappa shape index (κ3) is 3.71. The van der Waals surface area contributed by atoms with Gasteiger partial charge < -0.3 is 19.5 Å². The number of Topliss-reactive ketones (excluding diaryl/α,β-unsaturated/α-hetero) is 1. The Morgan fingerprint density at radius 3 is 2.55 bits per heavy atom. The highest BCUT2D eigenvalue weighted by Crippen LogP contribution is 2.46. The molecule has 33 heavy (non-hydrogen) atoms. The number of ether oxygens (including phenoxy) is 2. The second-order valence-electron chi connectivity index (χ2n) is 7.68. The van der Waals surface area contributed by atoms with E-state index in [0.29, 0.717) is 34.0 Å². The van der Waals surface area contributed by atoms with Crippen LogP contribution in [0.4, 0.5) is 0 Å². The number of likely N-dealkylation sites (tertiary alicyclic amines) is 1. The van der Waals surface area contributed by atoms with Crippen molar-refractivity contribution in [3.63, 3.8) is 0 Å². The van der Waals surface area contributed by atoms with Crippen molar-refractivity contribution in [3.05, 3.63) is 76.4 Å². The van der Waals surface area contributed by atoms with Gasteiger partial charge >= 0.3 is 0 Å². The maximum Gasteiger partial charge on any atom is 0.295 e. The standard InChI is InChI=1S/C24H24N4O5/c1-13-18(14(2)27-26-13)21(29)19-20(16-8-5-9-17(32-3)23(16)33-4)28(24(31)22(19)30)12-15-7-6-10-25-11-15/h5-11,20,29H,12H2,1-4H3,(H,26,27). The summed E-state index contributed by atoms with van der Waals surface area (Å²) in [5.41, 5.74) is 2.70. The average molecular weight is 448 g/mol. The number of methoxy groups -OCH3 is 2. The lowest BCUT2D eigenvalue weighted by Crippen LogP contribution is -2.29. The number of ketones is 1. The third-order valence-electron chi connectivity index (χ3n) is 5.71. The van der Waals surface area contributed by atoms with Gasteiger partial charge in [0.2, 0.25) is 0 Å². The van der Waals surface area contributed by atoms with E-state index in [1.54, 1.807) is 50.5 Å². The van der Waals surface area contributed by atoms with Gasteiger partial charge in [0.05, 0.1) is 37.1 Å². The Morgan fingerprint density at radius 1 is 1.15 bits per heavy atom. The Balaban J connectivity index is 1.97. The van der Waals surface area contributed by atoms with Crippen molar-refractivity contribution in [2.75, 3.05) is 14.2 Å². The fourth-order valence-electron chi connectivity index (χ4n) is 4.22. The molecule has 2 N–H and O–H groups in total. The summed E-state index contributed by atoms with van der Waals surface area (Å²) in [4.78, 5) is 32.0. The van der Waals surface area contributed by atoms with Gasteiger partial charge in [-0.05, 0) is 31.5 Å². The smallest absolute Gasteiger partial charge is 0.295 e. The topological polar surface area (TPSA) is 118 Å². The van der Waals surface area contributed by atoms with Gasteiger partial charge in [-0.1, -0.05) is 18.2 Å². The van der Waals surface area contributed by atoms with Crippen molar-refractivity contribution in [2.45, 2.75) is 26.4 Å². The molecule has 1 amide bonds. The van der Waals surface area contributed by atoms with E-state index >= 15 is 0 Å². The minimum atomic E-state index is -0.913. The largest absolute Gasteiger partial charge is 0.507 e. The molecule has 1 saturated heterocycles. The predicted octanol–water partition coefficient (Wildman–Crippen LogP) is 3.06. The molecule has 1 unspecified atom stereocenters. The van der Waals surface area contributed by atoms with Gasteiger partial charge in [-0.25, -0.2) is 0 Å². The Kier molecular flexibility index (Phi) is 5.87. The van der Waals surface area contributed by atoms with Crippen LogP contribution in [0.3, 0.4) is 0 Å². The molecule has 1 aromatic carbocycles. The molecule has 1 atom stereocenters. The first-order valence-corrected chi connectivity index (χ1v) is 10.3. The number of H-pyrrole nitrogens is 1. The molecule has 3 aromatic rings. The number of aromatic amines is 1. The molecule has 170 valence electrons. The zero-order valence-electron chi connectivity index (χ0n) is 18.7. The molecule has 1 fully saturated rings. The summed E-state index contributed by atoms with van der Waals surface area (Å²) in [6.07, 6.45) is 3.26. The van der Waals surface area contributed by atoms with Crippen LogP contribution in [0.15, 0.2) is 48.3 Å². The number of aryl methyl sites for hydroxylation is 2. The number of amides is 1. The molecule has 2 aromatic heterocycles. The fraction of sp³-hybridized carbons (Fsp3) is 0.250. The van der Waals surface area contributed by atoms with Gasteiger partial charge in [0, 0.05) is 30.2 Å². The number of hydrogen-bond acceptors (Lipinski definition) is 7. The first kappa shape index (κ1) is 22.1. The number of aliphatic hydroxyl groups excluding tert-OH is 1. The minimum absolute atomic E-state index is 0.0388. The van der Waals surface area contributed by atoms with Crippen LogP contribution in [0.2, 0.25) is 0 Å². The van der Waals surface area contributed by atoms with Crippen molar-refractivity contribution < 1.29 is 24.2 Å². The molecular weight excluding hydrogens is 424 g/mol. The highest BCUT2D eigenvalue weighted by molar-refractivity contribution is 6.46. The third-order valence-corrected chi connectivity index (χ3v) is 5.71. The number of rotatable bonds is 6. The lowest BCUT2D eigenvalue weighted by molar-refractivity contribution is -0.140. The molecule has 0 spiro atoms. The Labute approximate surface area is 190 Å². The summed E-state index contributed by atoms with van der Waals surface area (Å²) >= 11 is 0. The van der Waals surface area contributed by atoms with Crippen molar-refractivity contribution >= 4 is 17.4 Å². The zero-order valence-corrected chi connectivity index (χ0v) is 18.7. The molecule has 9 heteroatoms. The number of para-hydroxylation sites is 1. The number of benzene rings is 1. The van der Waals surface area contributed by atoms with E-state index in [9.17, 15) is 14.7 Å². The number of aliphatic hydroxyl groups is 1. The Hall–Kier alpha value is -4.14. The number of nitrogens with zero attached hydrogens (tertiary/aromatic N) is 3. The number of carbonyl (C=O) groups is 2. The molecule has 4 rings (SSSR count). The van der Waals surface area contributed by atoms with Gasteiger partial charge in [0.15, 0.2) is 11.5 Å². The van der Waals surface area contributed by atoms with Gasteiger partial charge in [-0.3, -0.25) is 19.7 Å². The van der Waals surface area contributed by atoms with Crippen LogP contribution in [0.5, 0.6) is 11.5 Å².